The largest absolute Gasteiger partial charge is 0.777 e. The first-order valence-corrected chi connectivity index (χ1v) is 8.16. The average Bonchev–Trinajstić information content (AvgIpc) is 2.32. The minimum absolute atomic E-state index is 0.0261. The molecule has 0 radical (unpaired) electrons. The van der Waals surface area contributed by atoms with Crippen molar-refractivity contribution < 1.29 is 29.7 Å². The predicted octanol–water partition coefficient (Wildman–Crippen LogP) is -1.34. The molecule has 0 rings (SSSR count). The summed E-state index contributed by atoms with van der Waals surface area (Å²) >= 11 is 11.0. The van der Waals surface area contributed by atoms with Gasteiger partial charge in [-0.1, -0.05) is 0 Å². The van der Waals surface area contributed by atoms with Gasteiger partial charge in [0.2, 0.25) is 5.91 Å². The molecule has 1 amide bonds. The number of amides is 1. The standard InChI is InChI=1S/C9H17Cl2N2O5P/c1-5(19(16,17)18)13-9(15)6(3-10)2-8(14)7(12)4-11/h5-7H,2-4,12H2,1H3,(H,13,15)(H2,16,17,18)/t5-,6+,7+/m1/s1. The molecule has 0 aromatic heterocycles. The van der Waals surface area contributed by atoms with Crippen molar-refractivity contribution >= 4 is 42.5 Å². The Hall–Kier alpha value is -0.170. The fraction of sp³-hybridized carbons (Fsp3) is 0.778. The van der Waals surface area contributed by atoms with E-state index in [0.717, 1.165) is 6.92 Å². The third-order valence-corrected chi connectivity index (χ3v) is 4.34. The number of hydrogen-bond acceptors (Lipinski definition) is 4. The zero-order valence-electron chi connectivity index (χ0n) is 10.3. The van der Waals surface area contributed by atoms with Crippen LogP contribution in [0.1, 0.15) is 13.3 Å². The Morgan fingerprint density at radius 2 is 1.95 bits per heavy atom. The second-order valence-corrected chi connectivity index (χ2v) is 6.64. The second-order valence-electron chi connectivity index (χ2n) is 4.12. The van der Waals surface area contributed by atoms with Crippen LogP contribution in [0.15, 0.2) is 0 Å². The van der Waals surface area contributed by atoms with E-state index < -0.39 is 31.2 Å². The van der Waals surface area contributed by atoms with Gasteiger partial charge in [0.15, 0.2) is 19.4 Å². The molecule has 10 heteroatoms. The fourth-order valence-corrected chi connectivity index (χ4v) is 1.83. The highest BCUT2D eigenvalue weighted by atomic mass is 35.5. The monoisotopic (exact) mass is 334 g/mol. The maximum absolute atomic E-state index is 11.7. The summed E-state index contributed by atoms with van der Waals surface area (Å²) in [6.45, 7) is 1.11. The summed E-state index contributed by atoms with van der Waals surface area (Å²) in [4.78, 5) is 42.8. The summed E-state index contributed by atoms with van der Waals surface area (Å²) in [5, 5.41) is 2.08. The van der Waals surface area contributed by atoms with Crippen LogP contribution in [-0.2, 0) is 14.2 Å². The number of carbonyl (C=O) groups excluding carboxylic acids is 2. The van der Waals surface area contributed by atoms with Crippen molar-refractivity contribution in [2.75, 3.05) is 11.8 Å². The summed E-state index contributed by atoms with van der Waals surface area (Å²) < 4.78 is 10.8. The SMILES string of the molecule is C[C@H](NC(=O)[C@H](CCl)CC(=O)[C@@H]([NH3+])CCl)P(=O)([O-])O. The van der Waals surface area contributed by atoms with Gasteiger partial charge in [-0.25, -0.2) is 0 Å². The van der Waals surface area contributed by atoms with Crippen LogP contribution < -0.4 is 15.9 Å². The minimum atomic E-state index is -4.66. The molecule has 0 saturated heterocycles. The number of hydrogen-bond donors (Lipinski definition) is 3. The van der Waals surface area contributed by atoms with Crippen molar-refractivity contribution in [3.63, 3.8) is 0 Å². The van der Waals surface area contributed by atoms with E-state index in [9.17, 15) is 19.0 Å². The van der Waals surface area contributed by atoms with Gasteiger partial charge in [-0.05, 0) is 6.92 Å². The van der Waals surface area contributed by atoms with E-state index >= 15 is 0 Å². The molecule has 4 atom stereocenters. The molecule has 5 N–H and O–H groups in total. The number of rotatable bonds is 8. The molecule has 0 saturated carbocycles. The number of quaternary nitrogens is 1. The highest BCUT2D eigenvalue weighted by molar-refractivity contribution is 7.51. The summed E-state index contributed by atoms with van der Waals surface area (Å²) in [6.07, 6.45) is -0.183. The Labute approximate surface area is 121 Å². The zero-order chi connectivity index (χ0) is 15.2. The van der Waals surface area contributed by atoms with Crippen molar-refractivity contribution in [2.24, 2.45) is 5.92 Å². The second kappa shape index (κ2) is 8.19. The molecule has 0 aliphatic carbocycles. The van der Waals surface area contributed by atoms with Crippen molar-refractivity contribution in [1.29, 1.82) is 0 Å². The van der Waals surface area contributed by atoms with E-state index in [1.165, 1.54) is 0 Å². The molecule has 0 aromatic rings. The van der Waals surface area contributed by atoms with Crippen LogP contribution in [0.25, 0.3) is 0 Å². The summed E-state index contributed by atoms with van der Waals surface area (Å²) in [5.41, 5.74) is 3.51. The molecule has 112 valence electrons. The minimum Gasteiger partial charge on any atom is -0.777 e. The van der Waals surface area contributed by atoms with Crippen LogP contribution in [0.3, 0.4) is 0 Å². The van der Waals surface area contributed by atoms with Crippen molar-refractivity contribution in [2.45, 2.75) is 25.2 Å². The van der Waals surface area contributed by atoms with Gasteiger partial charge >= 0.3 is 0 Å². The van der Waals surface area contributed by atoms with Gasteiger partial charge in [-0.3, -0.25) is 9.59 Å². The lowest BCUT2D eigenvalue weighted by atomic mass is 10.0. The molecule has 0 fully saturated rings. The quantitative estimate of drug-likeness (QED) is 0.373. The van der Waals surface area contributed by atoms with Gasteiger partial charge in [0.05, 0.1) is 17.6 Å². The Morgan fingerprint density at radius 1 is 1.42 bits per heavy atom. The number of carbonyl (C=O) groups is 2. The van der Waals surface area contributed by atoms with Crippen LogP contribution >= 0.6 is 30.8 Å². The molecule has 1 unspecified atom stereocenters. The normalized spacial score (nSPS) is 19.1. The van der Waals surface area contributed by atoms with Gasteiger partial charge in [0.25, 0.3) is 0 Å². The first-order valence-electron chi connectivity index (χ1n) is 5.45. The van der Waals surface area contributed by atoms with Crippen molar-refractivity contribution in [1.82, 2.24) is 5.32 Å². The number of nitrogens with one attached hydrogen (secondary N) is 1. The van der Waals surface area contributed by atoms with Gasteiger partial charge in [0, 0.05) is 12.3 Å². The number of Topliss-reactive ketones (excluding diaryl/α,β-unsaturated/α-hetero) is 1. The third kappa shape index (κ3) is 6.70. The van der Waals surface area contributed by atoms with Crippen LogP contribution in [0.2, 0.25) is 0 Å². The fourth-order valence-electron chi connectivity index (χ4n) is 1.12. The highest BCUT2D eigenvalue weighted by Gasteiger charge is 2.27. The van der Waals surface area contributed by atoms with E-state index in [1.807, 2.05) is 0 Å². The third-order valence-electron chi connectivity index (χ3n) is 2.49. The van der Waals surface area contributed by atoms with Gasteiger partial charge in [0.1, 0.15) is 0 Å². The first kappa shape index (κ1) is 18.8. The molecule has 19 heavy (non-hydrogen) atoms. The molecule has 0 heterocycles. The van der Waals surface area contributed by atoms with Crippen LogP contribution in [0.4, 0.5) is 0 Å². The van der Waals surface area contributed by atoms with E-state index in [4.69, 9.17) is 28.1 Å². The van der Waals surface area contributed by atoms with E-state index in [-0.39, 0.29) is 24.0 Å². The molecule has 0 bridgehead atoms. The summed E-state index contributed by atoms with van der Waals surface area (Å²) in [5.74, 6) is -3.52. The predicted molar refractivity (Wildman–Crippen MR) is 68.7 cm³/mol. The van der Waals surface area contributed by atoms with E-state index in [0.29, 0.717) is 0 Å². The van der Waals surface area contributed by atoms with Gasteiger partial charge < -0.3 is 25.4 Å². The lowest BCUT2D eigenvalue weighted by molar-refractivity contribution is -0.396. The van der Waals surface area contributed by atoms with Crippen LogP contribution in [0, 0.1) is 5.92 Å². The Morgan fingerprint density at radius 3 is 2.32 bits per heavy atom. The zero-order valence-corrected chi connectivity index (χ0v) is 12.8. The summed E-state index contributed by atoms with van der Waals surface area (Å²) in [7, 11) is -4.66. The molecular formula is C9H17Cl2N2O5P. The van der Waals surface area contributed by atoms with Gasteiger partial charge in [-0.15, -0.1) is 23.2 Å². The molecule has 0 aromatic carbocycles. The maximum Gasteiger partial charge on any atom is 0.225 e. The number of ketones is 1. The smallest absolute Gasteiger partial charge is 0.225 e. The molecule has 0 spiro atoms. The Kier molecular flexibility index (Phi) is 8.12. The Balaban J connectivity index is 4.58. The van der Waals surface area contributed by atoms with E-state index in [1.54, 1.807) is 0 Å². The highest BCUT2D eigenvalue weighted by Crippen LogP contribution is 2.34. The summed E-state index contributed by atoms with van der Waals surface area (Å²) in [6, 6.07) is -0.652. The lowest BCUT2D eigenvalue weighted by Crippen LogP contribution is -2.66. The van der Waals surface area contributed by atoms with E-state index in [2.05, 4.69) is 11.1 Å². The molecule has 7 nitrogen and oxygen atoms in total. The van der Waals surface area contributed by atoms with Crippen LogP contribution in [0.5, 0.6) is 0 Å². The molecular weight excluding hydrogens is 318 g/mol. The van der Waals surface area contributed by atoms with Gasteiger partial charge in [-0.2, -0.15) is 0 Å². The van der Waals surface area contributed by atoms with Crippen molar-refractivity contribution in [3.05, 3.63) is 0 Å². The Bertz CT molecular complexity index is 376. The first-order chi connectivity index (χ1) is 8.63. The molecule has 0 aliphatic rings. The average molecular weight is 335 g/mol. The molecule has 0 aliphatic heterocycles. The topological polar surface area (TPSA) is 134 Å². The number of halogens is 2. The van der Waals surface area contributed by atoms with Crippen LogP contribution in [-0.4, -0.2) is 40.2 Å². The van der Waals surface area contributed by atoms with Crippen molar-refractivity contribution in [3.8, 4) is 0 Å². The lowest BCUT2D eigenvalue weighted by Gasteiger charge is -2.26. The number of alkyl halides is 2. The maximum atomic E-state index is 11.7.